The van der Waals surface area contributed by atoms with Gasteiger partial charge in [0.2, 0.25) is 0 Å². The molecule has 0 spiro atoms. The van der Waals surface area contributed by atoms with Crippen LogP contribution < -0.4 is 5.32 Å². The van der Waals surface area contributed by atoms with Crippen molar-refractivity contribution in [2.24, 2.45) is 5.92 Å². The molecule has 1 aliphatic carbocycles. The Bertz CT molecular complexity index is 350. The molecular formula is C11H14Br2N2. The number of nitrogens with one attached hydrogen (secondary N) is 1. The Morgan fingerprint density at radius 2 is 2.27 bits per heavy atom. The summed E-state index contributed by atoms with van der Waals surface area (Å²) in [6, 6.07) is 2.60. The third-order valence-corrected chi connectivity index (χ3v) is 3.80. The van der Waals surface area contributed by atoms with Crippen molar-refractivity contribution in [3.63, 3.8) is 0 Å². The molecule has 0 saturated heterocycles. The van der Waals surface area contributed by atoms with Crippen molar-refractivity contribution in [1.82, 2.24) is 4.98 Å². The zero-order valence-electron chi connectivity index (χ0n) is 8.63. The fourth-order valence-electron chi connectivity index (χ4n) is 1.75. The lowest BCUT2D eigenvalue weighted by Crippen LogP contribution is -2.21. The lowest BCUT2D eigenvalue weighted by molar-refractivity contribution is 0.613. The highest BCUT2D eigenvalue weighted by Crippen LogP contribution is 2.36. The van der Waals surface area contributed by atoms with E-state index in [2.05, 4.69) is 49.1 Å². The van der Waals surface area contributed by atoms with Crippen molar-refractivity contribution in [3.05, 3.63) is 21.2 Å². The Morgan fingerprint density at radius 3 is 2.80 bits per heavy atom. The number of rotatable bonds is 4. The van der Waals surface area contributed by atoms with E-state index in [0.717, 1.165) is 27.1 Å². The molecule has 0 aromatic carbocycles. The van der Waals surface area contributed by atoms with Crippen molar-refractivity contribution in [2.75, 3.05) is 5.32 Å². The lowest BCUT2D eigenvalue weighted by Gasteiger charge is -2.17. The number of anilines is 1. The maximum atomic E-state index is 4.37. The largest absolute Gasteiger partial charge is 0.366 e. The number of aromatic nitrogens is 1. The van der Waals surface area contributed by atoms with Gasteiger partial charge in [-0.15, -0.1) is 0 Å². The second-order valence-electron chi connectivity index (χ2n) is 3.98. The molecule has 0 radical (unpaired) electrons. The summed E-state index contributed by atoms with van der Waals surface area (Å²) in [4.78, 5) is 4.37. The molecule has 1 saturated carbocycles. The molecule has 0 bridgehead atoms. The number of pyridine rings is 1. The highest BCUT2D eigenvalue weighted by atomic mass is 79.9. The third kappa shape index (κ3) is 2.94. The summed E-state index contributed by atoms with van der Waals surface area (Å²) >= 11 is 6.92. The first-order valence-corrected chi connectivity index (χ1v) is 6.87. The van der Waals surface area contributed by atoms with Gasteiger partial charge in [-0.05, 0) is 63.1 Å². The predicted octanol–water partition coefficient (Wildman–Crippen LogP) is 4.21. The Kier molecular flexibility index (Phi) is 3.67. The average molecular weight is 334 g/mol. The molecule has 1 aromatic rings. The molecule has 4 heteroatoms. The van der Waals surface area contributed by atoms with E-state index in [4.69, 9.17) is 0 Å². The van der Waals surface area contributed by atoms with Gasteiger partial charge in [-0.2, -0.15) is 0 Å². The molecule has 2 nitrogen and oxygen atoms in total. The van der Waals surface area contributed by atoms with E-state index in [1.54, 1.807) is 0 Å². The zero-order valence-corrected chi connectivity index (χ0v) is 11.8. The van der Waals surface area contributed by atoms with E-state index in [0.29, 0.717) is 6.04 Å². The van der Waals surface area contributed by atoms with Gasteiger partial charge >= 0.3 is 0 Å². The van der Waals surface area contributed by atoms with Crippen LogP contribution in [0.4, 0.5) is 5.82 Å². The van der Waals surface area contributed by atoms with Crippen molar-refractivity contribution in [3.8, 4) is 0 Å². The molecule has 1 atom stereocenters. The SMILES string of the molecule is CCC(Nc1ncc(Br)cc1Br)C1CC1. The smallest absolute Gasteiger partial charge is 0.140 e. The standard InChI is InChI=1S/C11H14Br2N2/c1-2-10(7-3-4-7)15-11-9(13)5-8(12)6-14-11/h5-7,10H,2-4H2,1H3,(H,14,15). The maximum Gasteiger partial charge on any atom is 0.140 e. The summed E-state index contributed by atoms with van der Waals surface area (Å²) in [5.41, 5.74) is 0. The molecule has 1 unspecified atom stereocenters. The number of halogens is 2. The van der Waals surface area contributed by atoms with Gasteiger partial charge in [0.15, 0.2) is 0 Å². The van der Waals surface area contributed by atoms with Crippen LogP contribution in [-0.2, 0) is 0 Å². The Morgan fingerprint density at radius 1 is 1.53 bits per heavy atom. The van der Waals surface area contributed by atoms with Gasteiger partial charge in [-0.3, -0.25) is 0 Å². The van der Waals surface area contributed by atoms with E-state index < -0.39 is 0 Å². The molecule has 1 fully saturated rings. The Balaban J connectivity index is 2.08. The summed E-state index contributed by atoms with van der Waals surface area (Å²) < 4.78 is 2.02. The normalized spacial score (nSPS) is 17.5. The Hall–Kier alpha value is -0.0900. The summed E-state index contributed by atoms with van der Waals surface area (Å²) in [6.07, 6.45) is 5.71. The van der Waals surface area contributed by atoms with Crippen molar-refractivity contribution < 1.29 is 0 Å². The van der Waals surface area contributed by atoms with Gasteiger partial charge in [-0.1, -0.05) is 6.92 Å². The van der Waals surface area contributed by atoms with E-state index in [1.165, 1.54) is 12.8 Å². The van der Waals surface area contributed by atoms with Crippen LogP contribution in [0.1, 0.15) is 26.2 Å². The molecular weight excluding hydrogens is 320 g/mol. The molecule has 2 rings (SSSR count). The van der Waals surface area contributed by atoms with Gasteiger partial charge in [0.25, 0.3) is 0 Å². The van der Waals surface area contributed by atoms with Crippen molar-refractivity contribution in [2.45, 2.75) is 32.2 Å². The number of nitrogens with zero attached hydrogens (tertiary/aromatic N) is 1. The van der Waals surface area contributed by atoms with Crippen LogP contribution in [-0.4, -0.2) is 11.0 Å². The van der Waals surface area contributed by atoms with Gasteiger partial charge in [0.1, 0.15) is 5.82 Å². The molecule has 0 amide bonds. The van der Waals surface area contributed by atoms with Crippen LogP contribution in [0.5, 0.6) is 0 Å². The second kappa shape index (κ2) is 4.83. The van der Waals surface area contributed by atoms with Gasteiger partial charge in [0, 0.05) is 16.7 Å². The van der Waals surface area contributed by atoms with Crippen LogP contribution >= 0.6 is 31.9 Å². The molecule has 1 aromatic heterocycles. The van der Waals surface area contributed by atoms with Crippen LogP contribution in [0.15, 0.2) is 21.2 Å². The van der Waals surface area contributed by atoms with Crippen LogP contribution in [0.2, 0.25) is 0 Å². The van der Waals surface area contributed by atoms with E-state index >= 15 is 0 Å². The minimum Gasteiger partial charge on any atom is -0.366 e. The minimum absolute atomic E-state index is 0.579. The van der Waals surface area contributed by atoms with Crippen LogP contribution in [0.3, 0.4) is 0 Å². The lowest BCUT2D eigenvalue weighted by atomic mass is 10.1. The third-order valence-electron chi connectivity index (χ3n) is 2.76. The summed E-state index contributed by atoms with van der Waals surface area (Å²) in [6.45, 7) is 2.22. The van der Waals surface area contributed by atoms with Crippen molar-refractivity contribution >= 4 is 37.7 Å². The van der Waals surface area contributed by atoms with Gasteiger partial charge < -0.3 is 5.32 Å². The fourth-order valence-corrected chi connectivity index (χ4v) is 2.85. The highest BCUT2D eigenvalue weighted by Gasteiger charge is 2.30. The molecule has 1 aliphatic rings. The van der Waals surface area contributed by atoms with Gasteiger partial charge in [-0.25, -0.2) is 4.98 Å². The fraction of sp³-hybridized carbons (Fsp3) is 0.545. The molecule has 15 heavy (non-hydrogen) atoms. The average Bonchev–Trinajstić information content (AvgIpc) is 3.00. The topological polar surface area (TPSA) is 24.9 Å². The maximum absolute atomic E-state index is 4.37. The van der Waals surface area contributed by atoms with Crippen LogP contribution in [0, 0.1) is 5.92 Å². The molecule has 1 N–H and O–H groups in total. The first kappa shape index (κ1) is 11.4. The summed E-state index contributed by atoms with van der Waals surface area (Å²) in [5, 5.41) is 3.51. The summed E-state index contributed by atoms with van der Waals surface area (Å²) in [7, 11) is 0. The first-order valence-electron chi connectivity index (χ1n) is 5.28. The molecule has 82 valence electrons. The quantitative estimate of drug-likeness (QED) is 0.892. The minimum atomic E-state index is 0.579. The predicted molar refractivity (Wildman–Crippen MR) is 70.1 cm³/mol. The van der Waals surface area contributed by atoms with Crippen molar-refractivity contribution in [1.29, 1.82) is 0 Å². The summed E-state index contributed by atoms with van der Waals surface area (Å²) in [5.74, 6) is 1.81. The first-order chi connectivity index (χ1) is 7.20. The highest BCUT2D eigenvalue weighted by molar-refractivity contribution is 9.11. The number of hydrogen-bond donors (Lipinski definition) is 1. The van der Waals surface area contributed by atoms with Crippen LogP contribution in [0.25, 0.3) is 0 Å². The zero-order chi connectivity index (χ0) is 10.8. The second-order valence-corrected chi connectivity index (χ2v) is 5.75. The number of hydrogen-bond acceptors (Lipinski definition) is 2. The monoisotopic (exact) mass is 332 g/mol. The molecule has 0 aliphatic heterocycles. The van der Waals surface area contributed by atoms with E-state index in [9.17, 15) is 0 Å². The van der Waals surface area contributed by atoms with E-state index in [1.807, 2.05) is 12.3 Å². The molecule has 1 heterocycles. The van der Waals surface area contributed by atoms with E-state index in [-0.39, 0.29) is 0 Å². The van der Waals surface area contributed by atoms with Gasteiger partial charge in [0.05, 0.1) is 4.47 Å². The Labute approximate surface area is 107 Å².